The van der Waals surface area contributed by atoms with E-state index in [4.69, 9.17) is 0 Å². The van der Waals surface area contributed by atoms with Crippen LogP contribution in [0.3, 0.4) is 0 Å². The summed E-state index contributed by atoms with van der Waals surface area (Å²) in [7, 11) is 4.34. The van der Waals surface area contributed by atoms with Gasteiger partial charge >= 0.3 is 0 Å². The summed E-state index contributed by atoms with van der Waals surface area (Å²) in [6.07, 6.45) is 13.5. The van der Waals surface area contributed by atoms with Gasteiger partial charge in [0.05, 0.1) is 6.10 Å². The van der Waals surface area contributed by atoms with Crippen LogP contribution in [0, 0.1) is 5.92 Å². The fourth-order valence-corrected chi connectivity index (χ4v) is 3.94. The van der Waals surface area contributed by atoms with Crippen LogP contribution >= 0.6 is 0 Å². The standard InChI is InChI=1S/C18H37NO/c1-5-7-12-16(6-2)15-17(20)18(19(3)4)13-10-8-9-11-14-18/h16-17,20H,5-15H2,1-4H3. The number of aliphatic hydroxyl groups is 1. The molecule has 1 N–H and O–H groups in total. The quantitative estimate of drug-likeness (QED) is 0.658. The van der Waals surface area contributed by atoms with Gasteiger partial charge in [-0.25, -0.2) is 0 Å². The minimum Gasteiger partial charge on any atom is -0.391 e. The fourth-order valence-electron chi connectivity index (χ4n) is 3.94. The lowest BCUT2D eigenvalue weighted by Gasteiger charge is -2.44. The average molecular weight is 284 g/mol. The minimum atomic E-state index is -0.155. The van der Waals surface area contributed by atoms with Gasteiger partial charge in [-0.2, -0.15) is 0 Å². The van der Waals surface area contributed by atoms with E-state index in [0.717, 1.165) is 6.42 Å². The molecule has 1 aliphatic rings. The molecule has 0 radical (unpaired) electrons. The summed E-state index contributed by atoms with van der Waals surface area (Å²) in [5.41, 5.74) is 0.0378. The SMILES string of the molecule is CCCCC(CC)CC(O)C1(N(C)C)CCCCCC1. The van der Waals surface area contributed by atoms with E-state index in [2.05, 4.69) is 32.8 Å². The molecule has 2 nitrogen and oxygen atoms in total. The highest BCUT2D eigenvalue weighted by Gasteiger charge is 2.40. The van der Waals surface area contributed by atoms with Gasteiger partial charge in [0.2, 0.25) is 0 Å². The van der Waals surface area contributed by atoms with Crippen LogP contribution in [0.5, 0.6) is 0 Å². The molecular formula is C18H37NO. The van der Waals surface area contributed by atoms with Crippen molar-refractivity contribution >= 4 is 0 Å². The van der Waals surface area contributed by atoms with Gasteiger partial charge in [-0.05, 0) is 39.3 Å². The number of aliphatic hydroxyl groups excluding tert-OH is 1. The summed E-state index contributed by atoms with van der Waals surface area (Å²) in [4.78, 5) is 2.33. The lowest BCUT2D eigenvalue weighted by atomic mass is 9.78. The summed E-state index contributed by atoms with van der Waals surface area (Å²) in [5.74, 6) is 0.699. The summed E-state index contributed by atoms with van der Waals surface area (Å²) in [6.45, 7) is 4.54. The van der Waals surface area contributed by atoms with Gasteiger partial charge in [-0.3, -0.25) is 0 Å². The molecule has 0 saturated heterocycles. The van der Waals surface area contributed by atoms with Crippen molar-refractivity contribution in [3.05, 3.63) is 0 Å². The highest BCUT2D eigenvalue weighted by molar-refractivity contribution is 4.96. The lowest BCUT2D eigenvalue weighted by Crippen LogP contribution is -2.53. The zero-order chi connectivity index (χ0) is 15.0. The van der Waals surface area contributed by atoms with Gasteiger partial charge in [0.1, 0.15) is 0 Å². The van der Waals surface area contributed by atoms with Crippen LogP contribution in [0.4, 0.5) is 0 Å². The van der Waals surface area contributed by atoms with Crippen molar-refractivity contribution in [3.8, 4) is 0 Å². The predicted molar refractivity (Wildman–Crippen MR) is 88.0 cm³/mol. The minimum absolute atomic E-state index is 0.0378. The van der Waals surface area contributed by atoms with Crippen LogP contribution in [0.25, 0.3) is 0 Å². The Balaban J connectivity index is 2.69. The number of likely N-dealkylation sites (N-methyl/N-ethyl adjacent to an activating group) is 1. The van der Waals surface area contributed by atoms with Crippen LogP contribution in [0.15, 0.2) is 0 Å². The molecule has 1 saturated carbocycles. The number of nitrogens with zero attached hydrogens (tertiary/aromatic N) is 1. The fraction of sp³-hybridized carbons (Fsp3) is 1.00. The monoisotopic (exact) mass is 283 g/mol. The molecule has 1 rings (SSSR count). The molecule has 0 aromatic carbocycles. The van der Waals surface area contributed by atoms with Gasteiger partial charge in [0.25, 0.3) is 0 Å². The first-order valence-corrected chi connectivity index (χ1v) is 8.92. The van der Waals surface area contributed by atoms with Crippen LogP contribution < -0.4 is 0 Å². The van der Waals surface area contributed by atoms with E-state index in [1.54, 1.807) is 0 Å². The molecular weight excluding hydrogens is 246 g/mol. The number of hydrogen-bond donors (Lipinski definition) is 1. The molecule has 0 aromatic rings. The Morgan fingerprint density at radius 2 is 1.65 bits per heavy atom. The molecule has 0 heterocycles. The van der Waals surface area contributed by atoms with Crippen LogP contribution in [-0.4, -0.2) is 35.7 Å². The molecule has 120 valence electrons. The van der Waals surface area contributed by atoms with Crippen LogP contribution in [0.1, 0.15) is 84.5 Å². The van der Waals surface area contributed by atoms with E-state index in [1.165, 1.54) is 64.2 Å². The second kappa shape index (κ2) is 9.04. The molecule has 0 aromatic heterocycles. The van der Waals surface area contributed by atoms with E-state index in [9.17, 15) is 5.11 Å². The van der Waals surface area contributed by atoms with Crippen molar-refractivity contribution in [3.63, 3.8) is 0 Å². The average Bonchev–Trinajstić information content (AvgIpc) is 2.69. The molecule has 2 heteroatoms. The summed E-state index contributed by atoms with van der Waals surface area (Å²) >= 11 is 0. The number of unbranched alkanes of at least 4 members (excludes halogenated alkanes) is 1. The second-order valence-electron chi connectivity index (χ2n) is 7.08. The van der Waals surface area contributed by atoms with Crippen molar-refractivity contribution < 1.29 is 5.11 Å². The number of rotatable bonds is 8. The van der Waals surface area contributed by atoms with E-state index in [-0.39, 0.29) is 11.6 Å². The molecule has 2 atom stereocenters. The molecule has 20 heavy (non-hydrogen) atoms. The first kappa shape index (κ1) is 18.0. The molecule has 1 fully saturated rings. The Bertz CT molecular complexity index is 244. The van der Waals surface area contributed by atoms with E-state index in [0.29, 0.717) is 5.92 Å². The Labute approximate surface area is 126 Å². The molecule has 0 aliphatic heterocycles. The first-order valence-electron chi connectivity index (χ1n) is 8.92. The Hall–Kier alpha value is -0.0800. The van der Waals surface area contributed by atoms with Gasteiger partial charge < -0.3 is 10.0 Å². The second-order valence-corrected chi connectivity index (χ2v) is 7.08. The third kappa shape index (κ3) is 4.73. The van der Waals surface area contributed by atoms with Crippen molar-refractivity contribution in [1.29, 1.82) is 0 Å². The zero-order valence-electron chi connectivity index (χ0n) is 14.3. The highest BCUT2D eigenvalue weighted by Crippen LogP contribution is 2.37. The van der Waals surface area contributed by atoms with E-state index >= 15 is 0 Å². The predicted octanol–water partition coefficient (Wildman–Crippen LogP) is 4.61. The maximum absolute atomic E-state index is 11.0. The van der Waals surface area contributed by atoms with E-state index in [1.807, 2.05) is 0 Å². The topological polar surface area (TPSA) is 23.5 Å². The van der Waals surface area contributed by atoms with Crippen LogP contribution in [0.2, 0.25) is 0 Å². The summed E-state index contributed by atoms with van der Waals surface area (Å²) < 4.78 is 0. The van der Waals surface area contributed by atoms with Crippen molar-refractivity contribution in [2.75, 3.05) is 14.1 Å². The molecule has 0 spiro atoms. The third-order valence-corrected chi connectivity index (χ3v) is 5.58. The lowest BCUT2D eigenvalue weighted by molar-refractivity contribution is -0.0315. The normalized spacial score (nSPS) is 22.5. The highest BCUT2D eigenvalue weighted by atomic mass is 16.3. The maximum atomic E-state index is 11.0. The molecule has 0 amide bonds. The number of hydrogen-bond acceptors (Lipinski definition) is 2. The smallest absolute Gasteiger partial charge is 0.0726 e. The first-order chi connectivity index (χ1) is 9.56. The molecule has 2 unspecified atom stereocenters. The van der Waals surface area contributed by atoms with E-state index < -0.39 is 0 Å². The van der Waals surface area contributed by atoms with Gasteiger partial charge in [-0.15, -0.1) is 0 Å². The van der Waals surface area contributed by atoms with Crippen LogP contribution in [-0.2, 0) is 0 Å². The Kier molecular flexibility index (Phi) is 8.13. The Morgan fingerprint density at radius 1 is 1.05 bits per heavy atom. The summed E-state index contributed by atoms with van der Waals surface area (Å²) in [6, 6.07) is 0. The zero-order valence-corrected chi connectivity index (χ0v) is 14.3. The van der Waals surface area contributed by atoms with Crippen molar-refractivity contribution in [2.24, 2.45) is 5.92 Å². The van der Waals surface area contributed by atoms with Crippen molar-refractivity contribution in [2.45, 2.75) is 96.1 Å². The third-order valence-electron chi connectivity index (χ3n) is 5.58. The maximum Gasteiger partial charge on any atom is 0.0726 e. The Morgan fingerprint density at radius 3 is 2.10 bits per heavy atom. The largest absolute Gasteiger partial charge is 0.391 e. The van der Waals surface area contributed by atoms with Crippen molar-refractivity contribution in [1.82, 2.24) is 4.90 Å². The van der Waals surface area contributed by atoms with Gasteiger partial charge in [0, 0.05) is 5.54 Å². The van der Waals surface area contributed by atoms with Gasteiger partial charge in [0.15, 0.2) is 0 Å². The molecule has 0 bridgehead atoms. The summed E-state index contributed by atoms with van der Waals surface area (Å²) in [5, 5.41) is 11.0. The van der Waals surface area contributed by atoms with Gasteiger partial charge in [-0.1, -0.05) is 65.2 Å². The molecule has 1 aliphatic carbocycles.